The first kappa shape index (κ1) is 15.1. The average molecular weight is 300 g/mol. The third-order valence-corrected chi connectivity index (χ3v) is 4.38. The summed E-state index contributed by atoms with van der Waals surface area (Å²) in [6.07, 6.45) is 4.93. The van der Waals surface area contributed by atoms with Crippen LogP contribution in [-0.4, -0.2) is 24.4 Å². The largest absolute Gasteiger partial charge is 0.497 e. The molecule has 3 nitrogen and oxygen atoms in total. The number of nitrogens with one attached hydrogen (secondary N) is 1. The van der Waals surface area contributed by atoms with Crippen molar-refractivity contribution in [2.45, 2.75) is 37.6 Å². The summed E-state index contributed by atoms with van der Waals surface area (Å²) in [5.74, 6) is -0.241. The van der Waals surface area contributed by atoms with Crippen LogP contribution in [0.15, 0.2) is 18.2 Å². The number of ether oxygens (including phenoxy) is 1. The van der Waals surface area contributed by atoms with Crippen molar-refractivity contribution in [2.24, 2.45) is 0 Å². The molecule has 0 atom stereocenters. The summed E-state index contributed by atoms with van der Waals surface area (Å²) in [7, 11) is 1.46. The number of amides is 1. The lowest BCUT2D eigenvalue weighted by Crippen LogP contribution is -2.51. The van der Waals surface area contributed by atoms with Gasteiger partial charge in [0.1, 0.15) is 11.6 Å². The van der Waals surface area contributed by atoms with Gasteiger partial charge in [0, 0.05) is 11.9 Å². The molecule has 0 spiro atoms. The predicted octanol–water partition coefficient (Wildman–Crippen LogP) is 3.51. The first-order valence-corrected chi connectivity index (χ1v) is 7.36. The topological polar surface area (TPSA) is 38.3 Å². The minimum Gasteiger partial charge on any atom is -0.497 e. The van der Waals surface area contributed by atoms with Crippen molar-refractivity contribution in [2.75, 3.05) is 13.0 Å². The Morgan fingerprint density at radius 2 is 2.10 bits per heavy atom. The van der Waals surface area contributed by atoms with Crippen LogP contribution in [0, 0.1) is 5.82 Å². The molecule has 0 heterocycles. The summed E-state index contributed by atoms with van der Waals surface area (Å²) >= 11 is 6.03. The predicted molar refractivity (Wildman–Crippen MR) is 77.0 cm³/mol. The summed E-state index contributed by atoms with van der Waals surface area (Å²) in [6.45, 7) is 0. The number of benzene rings is 1. The Morgan fingerprint density at radius 1 is 1.40 bits per heavy atom. The zero-order valence-electron chi connectivity index (χ0n) is 11.5. The molecule has 0 radical (unpaired) electrons. The van der Waals surface area contributed by atoms with Crippen molar-refractivity contribution in [3.8, 4) is 5.75 Å². The molecule has 1 aromatic rings. The highest BCUT2D eigenvalue weighted by molar-refractivity contribution is 6.19. The number of carbonyl (C=O) groups is 1. The van der Waals surface area contributed by atoms with Gasteiger partial charge in [-0.25, -0.2) is 4.39 Å². The summed E-state index contributed by atoms with van der Waals surface area (Å²) < 4.78 is 18.8. The van der Waals surface area contributed by atoms with Crippen molar-refractivity contribution in [1.29, 1.82) is 0 Å². The Bertz CT molecular complexity index is 487. The maximum atomic E-state index is 13.9. The lowest BCUT2D eigenvalue weighted by Gasteiger charge is -2.36. The molecule has 0 saturated heterocycles. The van der Waals surface area contributed by atoms with Gasteiger partial charge in [-0.05, 0) is 25.0 Å². The first-order chi connectivity index (χ1) is 9.60. The van der Waals surface area contributed by atoms with E-state index in [1.165, 1.54) is 19.2 Å². The number of halogens is 2. The molecular weight excluding hydrogens is 281 g/mol. The van der Waals surface area contributed by atoms with Gasteiger partial charge in [0.05, 0.1) is 18.2 Å². The van der Waals surface area contributed by atoms with Crippen molar-refractivity contribution >= 4 is 17.5 Å². The highest BCUT2D eigenvalue weighted by Crippen LogP contribution is 2.30. The van der Waals surface area contributed by atoms with Crippen molar-refractivity contribution in [3.63, 3.8) is 0 Å². The van der Waals surface area contributed by atoms with Crippen LogP contribution in [0.5, 0.6) is 5.75 Å². The second kappa shape index (κ2) is 6.44. The second-order valence-corrected chi connectivity index (χ2v) is 5.54. The van der Waals surface area contributed by atoms with Gasteiger partial charge in [-0.1, -0.05) is 19.3 Å². The molecule has 5 heteroatoms. The zero-order valence-corrected chi connectivity index (χ0v) is 12.3. The maximum Gasteiger partial charge on any atom is 0.254 e. The molecule has 1 saturated carbocycles. The number of hydrogen-bond acceptors (Lipinski definition) is 2. The van der Waals surface area contributed by atoms with Crippen LogP contribution < -0.4 is 10.1 Å². The van der Waals surface area contributed by atoms with Gasteiger partial charge >= 0.3 is 0 Å². The minimum atomic E-state index is -0.581. The molecule has 0 unspecified atom stereocenters. The van der Waals surface area contributed by atoms with Crippen LogP contribution in [0.1, 0.15) is 42.5 Å². The molecule has 0 aliphatic heterocycles. The maximum absolute atomic E-state index is 13.9. The van der Waals surface area contributed by atoms with E-state index in [0.717, 1.165) is 32.1 Å². The molecule has 1 fully saturated rings. The molecular formula is C15H19ClFNO2. The van der Waals surface area contributed by atoms with Gasteiger partial charge in [-0.2, -0.15) is 0 Å². The van der Waals surface area contributed by atoms with E-state index < -0.39 is 17.3 Å². The lowest BCUT2D eigenvalue weighted by molar-refractivity contribution is 0.0880. The van der Waals surface area contributed by atoms with E-state index >= 15 is 0 Å². The molecule has 1 aliphatic rings. The third kappa shape index (κ3) is 3.23. The van der Waals surface area contributed by atoms with Gasteiger partial charge in [-0.3, -0.25) is 4.79 Å². The molecule has 20 heavy (non-hydrogen) atoms. The summed E-state index contributed by atoms with van der Waals surface area (Å²) in [6, 6.07) is 4.23. The smallest absolute Gasteiger partial charge is 0.254 e. The highest BCUT2D eigenvalue weighted by atomic mass is 35.5. The number of hydrogen-bond donors (Lipinski definition) is 1. The fraction of sp³-hybridized carbons (Fsp3) is 0.533. The number of alkyl halides is 1. The molecule has 1 N–H and O–H groups in total. The standard InChI is InChI=1S/C15H19ClFNO2/c1-20-11-5-6-12(13(17)9-11)14(19)18-15(10-16)7-3-2-4-8-15/h5-6,9H,2-4,7-8,10H2,1H3,(H,18,19). The van der Waals surface area contributed by atoms with E-state index in [1.54, 1.807) is 6.07 Å². The first-order valence-electron chi connectivity index (χ1n) is 6.82. The number of methoxy groups -OCH3 is 1. The Balaban J connectivity index is 2.14. The number of rotatable bonds is 4. The fourth-order valence-electron chi connectivity index (χ4n) is 2.64. The molecule has 0 bridgehead atoms. The summed E-state index contributed by atoms with van der Waals surface area (Å²) in [5.41, 5.74) is -0.371. The monoisotopic (exact) mass is 299 g/mol. The Labute approximate surface area is 123 Å². The Kier molecular flexibility index (Phi) is 4.86. The van der Waals surface area contributed by atoms with Crippen molar-refractivity contribution < 1.29 is 13.9 Å². The second-order valence-electron chi connectivity index (χ2n) is 5.27. The zero-order chi connectivity index (χ0) is 14.6. The van der Waals surface area contributed by atoms with E-state index in [4.69, 9.17) is 16.3 Å². The summed E-state index contributed by atoms with van der Waals surface area (Å²) in [4.78, 5) is 12.2. The van der Waals surface area contributed by atoms with E-state index in [2.05, 4.69) is 5.32 Å². The molecule has 1 aromatic carbocycles. The van der Waals surface area contributed by atoms with Crippen LogP contribution >= 0.6 is 11.6 Å². The lowest BCUT2D eigenvalue weighted by atomic mass is 9.83. The number of carbonyl (C=O) groups excluding carboxylic acids is 1. The van der Waals surface area contributed by atoms with Crippen LogP contribution in [0.4, 0.5) is 4.39 Å². The third-order valence-electron chi connectivity index (χ3n) is 3.87. The van der Waals surface area contributed by atoms with E-state index in [1.807, 2.05) is 0 Å². The summed E-state index contributed by atoms with van der Waals surface area (Å²) in [5, 5.41) is 2.92. The minimum absolute atomic E-state index is 0.0286. The molecule has 2 rings (SSSR count). The van der Waals surface area contributed by atoms with Gasteiger partial charge in [-0.15, -0.1) is 11.6 Å². The SMILES string of the molecule is COc1ccc(C(=O)NC2(CCl)CCCCC2)c(F)c1. The molecule has 1 amide bonds. The van der Waals surface area contributed by atoms with Crippen molar-refractivity contribution in [1.82, 2.24) is 5.32 Å². The van der Waals surface area contributed by atoms with Crippen LogP contribution in [0.25, 0.3) is 0 Å². The Morgan fingerprint density at radius 3 is 2.65 bits per heavy atom. The van der Waals surface area contributed by atoms with Crippen LogP contribution in [0.3, 0.4) is 0 Å². The van der Waals surface area contributed by atoms with Crippen LogP contribution in [-0.2, 0) is 0 Å². The van der Waals surface area contributed by atoms with E-state index in [9.17, 15) is 9.18 Å². The van der Waals surface area contributed by atoms with E-state index in [-0.39, 0.29) is 5.56 Å². The van der Waals surface area contributed by atoms with Gasteiger partial charge in [0.2, 0.25) is 0 Å². The molecule has 0 aromatic heterocycles. The highest BCUT2D eigenvalue weighted by Gasteiger charge is 2.33. The normalized spacial score (nSPS) is 17.6. The average Bonchev–Trinajstić information content (AvgIpc) is 2.47. The fourth-order valence-corrected chi connectivity index (χ4v) is 2.97. The van der Waals surface area contributed by atoms with E-state index in [0.29, 0.717) is 11.6 Å². The van der Waals surface area contributed by atoms with Gasteiger partial charge < -0.3 is 10.1 Å². The Hall–Kier alpha value is -1.29. The quantitative estimate of drug-likeness (QED) is 0.864. The van der Waals surface area contributed by atoms with Crippen molar-refractivity contribution in [3.05, 3.63) is 29.6 Å². The van der Waals surface area contributed by atoms with Crippen LogP contribution in [0.2, 0.25) is 0 Å². The van der Waals surface area contributed by atoms with Gasteiger partial charge in [0.25, 0.3) is 5.91 Å². The molecule has 1 aliphatic carbocycles. The molecule has 110 valence electrons. The van der Waals surface area contributed by atoms with Gasteiger partial charge in [0.15, 0.2) is 0 Å².